The summed E-state index contributed by atoms with van der Waals surface area (Å²) in [5.41, 5.74) is 5.73. The Balaban J connectivity index is 2.58. The van der Waals surface area contributed by atoms with Crippen LogP contribution in [0.4, 0.5) is 10.1 Å². The number of benzene rings is 1. The maximum Gasteiger partial charge on any atom is 0.294 e. The zero-order chi connectivity index (χ0) is 12.4. The number of anilines is 1. The van der Waals surface area contributed by atoms with Gasteiger partial charge < -0.3 is 10.5 Å². The highest BCUT2D eigenvalue weighted by atomic mass is 19.1. The Bertz CT molecular complexity index is 589. The van der Waals surface area contributed by atoms with Crippen LogP contribution in [0, 0.1) is 5.82 Å². The van der Waals surface area contributed by atoms with Crippen LogP contribution in [0.25, 0.3) is 5.69 Å². The minimum atomic E-state index is -0.500. The van der Waals surface area contributed by atoms with Gasteiger partial charge in [0.05, 0.1) is 12.3 Å². The van der Waals surface area contributed by atoms with E-state index < -0.39 is 11.4 Å². The third kappa shape index (κ3) is 1.94. The molecule has 1 heterocycles. The molecule has 0 unspecified atom stereocenters. The van der Waals surface area contributed by atoms with Crippen molar-refractivity contribution >= 4 is 5.69 Å². The van der Waals surface area contributed by atoms with E-state index in [1.165, 1.54) is 19.2 Å². The van der Waals surface area contributed by atoms with Crippen molar-refractivity contribution in [1.82, 2.24) is 9.78 Å². The van der Waals surface area contributed by atoms with Gasteiger partial charge in [-0.1, -0.05) is 12.1 Å². The van der Waals surface area contributed by atoms with E-state index in [0.717, 1.165) is 4.68 Å². The third-order valence-electron chi connectivity index (χ3n) is 2.39. The van der Waals surface area contributed by atoms with Gasteiger partial charge in [-0.3, -0.25) is 9.89 Å². The third-order valence-corrected chi connectivity index (χ3v) is 2.39. The van der Waals surface area contributed by atoms with Crippen molar-refractivity contribution in [1.29, 1.82) is 0 Å². The zero-order valence-electron chi connectivity index (χ0n) is 9.24. The molecule has 0 bridgehead atoms. The summed E-state index contributed by atoms with van der Waals surface area (Å²) in [7, 11) is 1.48. The Hall–Kier alpha value is -2.08. The Labute approximate surface area is 96.6 Å². The fourth-order valence-electron chi connectivity index (χ4n) is 1.55. The lowest BCUT2D eigenvalue weighted by molar-refractivity contribution is 0.181. The molecular formula is C11H12FN3O2. The summed E-state index contributed by atoms with van der Waals surface area (Å²) in [6.45, 7) is 0.169. The number of hydrogen-bond donors (Lipinski definition) is 2. The van der Waals surface area contributed by atoms with Gasteiger partial charge in [-0.05, 0) is 12.1 Å². The van der Waals surface area contributed by atoms with Crippen molar-refractivity contribution in [2.75, 3.05) is 12.8 Å². The van der Waals surface area contributed by atoms with Gasteiger partial charge in [-0.25, -0.2) is 9.07 Å². The molecule has 0 radical (unpaired) electrons. The number of nitrogen functional groups attached to an aromatic ring is 1. The van der Waals surface area contributed by atoms with Crippen LogP contribution in [-0.2, 0) is 11.3 Å². The predicted molar refractivity (Wildman–Crippen MR) is 61.5 cm³/mol. The van der Waals surface area contributed by atoms with Crippen LogP contribution in [0.15, 0.2) is 29.1 Å². The van der Waals surface area contributed by atoms with Crippen molar-refractivity contribution in [3.8, 4) is 5.69 Å². The van der Waals surface area contributed by atoms with E-state index in [9.17, 15) is 9.18 Å². The number of nitrogens with one attached hydrogen (secondary N) is 1. The fraction of sp³-hybridized carbons (Fsp3) is 0.182. The summed E-state index contributed by atoms with van der Waals surface area (Å²) in [4.78, 5) is 11.8. The second-order valence-corrected chi connectivity index (χ2v) is 3.53. The highest BCUT2D eigenvalue weighted by Crippen LogP contribution is 2.12. The number of aromatic nitrogens is 2. The predicted octanol–water partition coefficient (Wildman–Crippen LogP) is 1.03. The summed E-state index contributed by atoms with van der Waals surface area (Å²) in [6, 6.07) is 5.95. The molecule has 0 spiro atoms. The van der Waals surface area contributed by atoms with Crippen molar-refractivity contribution < 1.29 is 9.13 Å². The standard InChI is InChI=1S/C11H12FN3O2/c1-17-6-8-10(13)11(16)15(14-8)9-5-3-2-4-7(9)12/h2-5,14H,6,13H2,1H3. The van der Waals surface area contributed by atoms with Crippen LogP contribution < -0.4 is 11.3 Å². The number of nitrogens with two attached hydrogens (primary N) is 1. The average Bonchev–Trinajstić information content (AvgIpc) is 2.59. The maximum absolute atomic E-state index is 13.5. The van der Waals surface area contributed by atoms with Crippen LogP contribution in [-0.4, -0.2) is 16.9 Å². The quantitative estimate of drug-likeness (QED) is 0.837. The highest BCUT2D eigenvalue weighted by molar-refractivity contribution is 5.44. The van der Waals surface area contributed by atoms with E-state index in [1.54, 1.807) is 12.1 Å². The largest absolute Gasteiger partial charge is 0.393 e. The van der Waals surface area contributed by atoms with E-state index in [-0.39, 0.29) is 18.0 Å². The van der Waals surface area contributed by atoms with Gasteiger partial charge in [0, 0.05) is 7.11 Å². The fourth-order valence-corrected chi connectivity index (χ4v) is 1.55. The van der Waals surface area contributed by atoms with Gasteiger partial charge in [-0.2, -0.15) is 0 Å². The molecule has 2 aromatic rings. The molecule has 0 aliphatic heterocycles. The van der Waals surface area contributed by atoms with Crippen molar-refractivity contribution in [3.63, 3.8) is 0 Å². The van der Waals surface area contributed by atoms with Gasteiger partial charge >= 0.3 is 0 Å². The van der Waals surface area contributed by atoms with Crippen LogP contribution in [0.5, 0.6) is 0 Å². The summed E-state index contributed by atoms with van der Waals surface area (Å²) in [6.07, 6.45) is 0. The van der Waals surface area contributed by atoms with Gasteiger partial charge in [0.25, 0.3) is 5.56 Å². The van der Waals surface area contributed by atoms with E-state index in [4.69, 9.17) is 10.5 Å². The molecule has 90 valence electrons. The lowest BCUT2D eigenvalue weighted by Gasteiger charge is -2.02. The molecule has 0 saturated heterocycles. The molecule has 0 fully saturated rings. The Morgan fingerprint density at radius 2 is 2.18 bits per heavy atom. The molecule has 1 aromatic heterocycles. The molecule has 3 N–H and O–H groups in total. The lowest BCUT2D eigenvalue weighted by atomic mass is 10.3. The highest BCUT2D eigenvalue weighted by Gasteiger charge is 2.14. The first-order valence-electron chi connectivity index (χ1n) is 4.98. The second-order valence-electron chi connectivity index (χ2n) is 3.53. The van der Waals surface area contributed by atoms with Gasteiger partial charge in [-0.15, -0.1) is 0 Å². The van der Waals surface area contributed by atoms with E-state index in [2.05, 4.69) is 5.10 Å². The minimum absolute atomic E-state index is 0.0371. The van der Waals surface area contributed by atoms with E-state index >= 15 is 0 Å². The Kier molecular flexibility index (Phi) is 2.97. The monoisotopic (exact) mass is 237 g/mol. The first-order valence-corrected chi connectivity index (χ1v) is 4.98. The summed E-state index contributed by atoms with van der Waals surface area (Å²) < 4.78 is 19.5. The lowest BCUT2D eigenvalue weighted by Crippen LogP contribution is -2.17. The smallest absolute Gasteiger partial charge is 0.294 e. The van der Waals surface area contributed by atoms with Crippen molar-refractivity contribution in [2.45, 2.75) is 6.61 Å². The average molecular weight is 237 g/mol. The molecular weight excluding hydrogens is 225 g/mol. The van der Waals surface area contributed by atoms with Crippen LogP contribution >= 0.6 is 0 Å². The maximum atomic E-state index is 13.5. The molecule has 17 heavy (non-hydrogen) atoms. The number of halogens is 1. The Morgan fingerprint density at radius 3 is 2.82 bits per heavy atom. The number of hydrogen-bond acceptors (Lipinski definition) is 3. The number of para-hydroxylation sites is 1. The van der Waals surface area contributed by atoms with Gasteiger partial charge in [0.1, 0.15) is 17.2 Å². The Morgan fingerprint density at radius 1 is 1.47 bits per heavy atom. The summed E-state index contributed by atoms with van der Waals surface area (Å²) in [5.74, 6) is -0.500. The topological polar surface area (TPSA) is 73.0 Å². The van der Waals surface area contributed by atoms with Crippen molar-refractivity contribution in [3.05, 3.63) is 46.1 Å². The molecule has 6 heteroatoms. The second kappa shape index (κ2) is 4.42. The first-order chi connectivity index (χ1) is 8.15. The van der Waals surface area contributed by atoms with Gasteiger partial charge in [0.2, 0.25) is 0 Å². The molecule has 1 aromatic carbocycles. The van der Waals surface area contributed by atoms with Crippen molar-refractivity contribution in [2.24, 2.45) is 0 Å². The van der Waals surface area contributed by atoms with E-state index in [0.29, 0.717) is 5.69 Å². The van der Waals surface area contributed by atoms with Crippen LogP contribution in [0.1, 0.15) is 5.69 Å². The van der Waals surface area contributed by atoms with E-state index in [1.807, 2.05) is 0 Å². The molecule has 0 aliphatic rings. The number of H-pyrrole nitrogens is 1. The molecule has 0 saturated carbocycles. The SMILES string of the molecule is COCc1[nH]n(-c2ccccc2F)c(=O)c1N. The number of rotatable bonds is 3. The number of methoxy groups -OCH3 is 1. The molecule has 0 aliphatic carbocycles. The zero-order valence-corrected chi connectivity index (χ0v) is 9.24. The molecule has 0 amide bonds. The molecule has 5 nitrogen and oxygen atoms in total. The normalized spacial score (nSPS) is 10.7. The number of aromatic amines is 1. The molecule has 2 rings (SSSR count). The van der Waals surface area contributed by atoms with Crippen LogP contribution in [0.3, 0.4) is 0 Å². The van der Waals surface area contributed by atoms with Gasteiger partial charge in [0.15, 0.2) is 0 Å². The number of ether oxygens (including phenoxy) is 1. The summed E-state index contributed by atoms with van der Waals surface area (Å²) >= 11 is 0. The molecule has 0 atom stereocenters. The first kappa shape index (κ1) is 11.4. The summed E-state index contributed by atoms with van der Waals surface area (Å²) in [5, 5.41) is 2.72. The minimum Gasteiger partial charge on any atom is -0.393 e. The van der Waals surface area contributed by atoms with Crippen LogP contribution in [0.2, 0.25) is 0 Å². The number of nitrogens with zero attached hydrogens (tertiary/aromatic N) is 1.